The normalized spacial score (nSPS) is 29.5. The summed E-state index contributed by atoms with van der Waals surface area (Å²) in [5.41, 5.74) is 0.249. The van der Waals surface area contributed by atoms with Gasteiger partial charge in [-0.3, -0.25) is 4.79 Å². The molecule has 0 radical (unpaired) electrons. The van der Waals surface area contributed by atoms with E-state index in [0.717, 1.165) is 38.5 Å². The minimum absolute atomic E-state index is 0. The van der Waals surface area contributed by atoms with Crippen molar-refractivity contribution in [3.63, 3.8) is 0 Å². The van der Waals surface area contributed by atoms with Crippen LogP contribution in [0.25, 0.3) is 0 Å². The summed E-state index contributed by atoms with van der Waals surface area (Å²) in [6.07, 6.45) is 12.0. The van der Waals surface area contributed by atoms with E-state index < -0.39 is 0 Å². The monoisotopic (exact) mass is 358 g/mol. The number of carbonyl (C=O) groups excluding carboxylic acids is 1. The third-order valence-electron chi connectivity index (χ3n) is 6.51. The van der Waals surface area contributed by atoms with E-state index in [9.17, 15) is 4.79 Å². The number of nitrogens with one attached hydrogen (secondary N) is 2. The lowest BCUT2D eigenvalue weighted by molar-refractivity contribution is -0.157. The molecule has 0 aromatic heterocycles. The van der Waals surface area contributed by atoms with Crippen LogP contribution in [0.3, 0.4) is 0 Å². The summed E-state index contributed by atoms with van der Waals surface area (Å²) in [5.74, 6) is 1.01. The molecule has 1 heterocycles. The molecule has 2 atom stereocenters. The Hall–Kier alpha value is -0.320. The Balaban J connectivity index is 0.00000208. The van der Waals surface area contributed by atoms with Gasteiger partial charge in [0.2, 0.25) is 5.91 Å². The van der Waals surface area contributed by atoms with Crippen LogP contribution >= 0.6 is 12.4 Å². The SMILES string of the molecule is CCOC1CC(NC(=O)CCC2CCNCC2)C12CCCCC2.Cl. The molecule has 2 aliphatic carbocycles. The molecule has 140 valence electrons. The molecule has 0 bridgehead atoms. The smallest absolute Gasteiger partial charge is 0.220 e. The molecule has 2 N–H and O–H groups in total. The molecule has 4 nitrogen and oxygen atoms in total. The Morgan fingerprint density at radius 3 is 2.58 bits per heavy atom. The third kappa shape index (κ3) is 4.44. The number of amides is 1. The number of hydrogen-bond donors (Lipinski definition) is 2. The van der Waals surface area contributed by atoms with Crippen LogP contribution < -0.4 is 10.6 Å². The van der Waals surface area contributed by atoms with Crippen LogP contribution in [0, 0.1) is 11.3 Å². The zero-order valence-electron chi connectivity index (χ0n) is 15.1. The van der Waals surface area contributed by atoms with Crippen LogP contribution in [0.15, 0.2) is 0 Å². The molecule has 3 fully saturated rings. The summed E-state index contributed by atoms with van der Waals surface area (Å²) in [7, 11) is 0. The average molecular weight is 359 g/mol. The van der Waals surface area contributed by atoms with E-state index in [1.54, 1.807) is 0 Å². The first-order valence-electron chi connectivity index (χ1n) is 9.86. The molecule has 1 amide bonds. The van der Waals surface area contributed by atoms with E-state index in [0.29, 0.717) is 18.6 Å². The molecule has 2 unspecified atom stereocenters. The lowest BCUT2D eigenvalue weighted by Gasteiger charge is -2.57. The van der Waals surface area contributed by atoms with Gasteiger partial charge in [0, 0.05) is 24.5 Å². The van der Waals surface area contributed by atoms with Gasteiger partial charge in [-0.2, -0.15) is 0 Å². The van der Waals surface area contributed by atoms with Gasteiger partial charge in [-0.05, 0) is 64.5 Å². The number of carbonyl (C=O) groups is 1. The summed E-state index contributed by atoms with van der Waals surface area (Å²) in [6, 6.07) is 0.361. The summed E-state index contributed by atoms with van der Waals surface area (Å²) >= 11 is 0. The van der Waals surface area contributed by atoms with Gasteiger partial charge in [0.15, 0.2) is 0 Å². The first-order chi connectivity index (χ1) is 11.2. The van der Waals surface area contributed by atoms with Crippen molar-refractivity contribution in [2.45, 2.75) is 83.3 Å². The van der Waals surface area contributed by atoms with E-state index in [1.807, 2.05) is 0 Å². The molecule has 3 aliphatic rings. The maximum atomic E-state index is 12.4. The maximum absolute atomic E-state index is 12.4. The molecule has 0 aromatic rings. The first kappa shape index (κ1) is 20.0. The quantitative estimate of drug-likeness (QED) is 0.764. The van der Waals surface area contributed by atoms with E-state index in [4.69, 9.17) is 4.74 Å². The van der Waals surface area contributed by atoms with E-state index >= 15 is 0 Å². The van der Waals surface area contributed by atoms with Gasteiger partial charge < -0.3 is 15.4 Å². The Morgan fingerprint density at radius 1 is 1.21 bits per heavy atom. The number of hydrogen-bond acceptors (Lipinski definition) is 3. The molecule has 1 aliphatic heterocycles. The molecule has 3 rings (SSSR count). The summed E-state index contributed by atoms with van der Waals surface area (Å²) < 4.78 is 5.98. The van der Waals surface area contributed by atoms with Gasteiger partial charge in [0.25, 0.3) is 0 Å². The lowest BCUT2D eigenvalue weighted by Crippen LogP contribution is -2.65. The minimum Gasteiger partial charge on any atom is -0.378 e. The van der Waals surface area contributed by atoms with E-state index in [1.165, 1.54) is 44.9 Å². The number of halogens is 1. The van der Waals surface area contributed by atoms with Crippen LogP contribution in [0.1, 0.15) is 71.1 Å². The molecule has 5 heteroatoms. The van der Waals surface area contributed by atoms with Crippen LogP contribution in [0.4, 0.5) is 0 Å². The molecule has 24 heavy (non-hydrogen) atoms. The Labute approximate surface area is 153 Å². The summed E-state index contributed by atoms with van der Waals surface area (Å²) in [6.45, 7) is 5.12. The first-order valence-corrected chi connectivity index (χ1v) is 9.86. The van der Waals surface area contributed by atoms with Crippen molar-refractivity contribution in [2.24, 2.45) is 11.3 Å². The second kappa shape index (κ2) is 9.40. The highest BCUT2D eigenvalue weighted by Crippen LogP contribution is 2.53. The van der Waals surface area contributed by atoms with Crippen molar-refractivity contribution >= 4 is 18.3 Å². The van der Waals surface area contributed by atoms with Crippen molar-refractivity contribution in [2.75, 3.05) is 19.7 Å². The highest BCUT2D eigenvalue weighted by molar-refractivity contribution is 5.85. The van der Waals surface area contributed by atoms with Gasteiger partial charge >= 0.3 is 0 Å². The predicted molar refractivity (Wildman–Crippen MR) is 99.6 cm³/mol. The molecular weight excluding hydrogens is 324 g/mol. The van der Waals surface area contributed by atoms with Crippen molar-refractivity contribution in [1.29, 1.82) is 0 Å². The van der Waals surface area contributed by atoms with Crippen molar-refractivity contribution in [1.82, 2.24) is 10.6 Å². The maximum Gasteiger partial charge on any atom is 0.220 e. The topological polar surface area (TPSA) is 50.4 Å². The average Bonchev–Trinajstić information content (AvgIpc) is 2.61. The summed E-state index contributed by atoms with van der Waals surface area (Å²) in [5, 5.41) is 6.76. The lowest BCUT2D eigenvalue weighted by atomic mass is 9.55. The van der Waals surface area contributed by atoms with E-state index in [2.05, 4.69) is 17.6 Å². The second-order valence-electron chi connectivity index (χ2n) is 7.83. The molecular formula is C19H35ClN2O2. The molecule has 0 aromatic carbocycles. The van der Waals surface area contributed by atoms with Crippen molar-refractivity contribution < 1.29 is 9.53 Å². The fraction of sp³-hybridized carbons (Fsp3) is 0.947. The highest BCUT2D eigenvalue weighted by atomic mass is 35.5. The Kier molecular flexibility index (Phi) is 7.83. The van der Waals surface area contributed by atoms with Crippen LogP contribution in [0.5, 0.6) is 0 Å². The van der Waals surface area contributed by atoms with Crippen molar-refractivity contribution in [3.8, 4) is 0 Å². The highest BCUT2D eigenvalue weighted by Gasteiger charge is 2.55. The van der Waals surface area contributed by atoms with Crippen molar-refractivity contribution in [3.05, 3.63) is 0 Å². The standard InChI is InChI=1S/C19H34N2O2.ClH/c1-2-23-17-14-16(19(17)10-4-3-5-11-19)21-18(22)7-6-15-8-12-20-13-9-15;/h15-17,20H,2-14H2,1H3,(H,21,22);1H. The molecule has 1 saturated heterocycles. The van der Waals surface area contributed by atoms with Crippen LogP contribution in [-0.2, 0) is 9.53 Å². The number of ether oxygens (including phenoxy) is 1. The Bertz CT molecular complexity index is 393. The van der Waals surface area contributed by atoms with Gasteiger partial charge in [-0.1, -0.05) is 19.3 Å². The second-order valence-corrected chi connectivity index (χ2v) is 7.83. The fourth-order valence-electron chi connectivity index (χ4n) is 5.04. The number of rotatable bonds is 6. The zero-order valence-corrected chi connectivity index (χ0v) is 16.0. The van der Waals surface area contributed by atoms with Crippen LogP contribution in [-0.4, -0.2) is 37.7 Å². The number of piperidine rings is 1. The predicted octanol–water partition coefficient (Wildman–Crippen LogP) is 3.43. The van der Waals surface area contributed by atoms with Gasteiger partial charge in [0.1, 0.15) is 0 Å². The third-order valence-corrected chi connectivity index (χ3v) is 6.51. The summed E-state index contributed by atoms with van der Waals surface area (Å²) in [4.78, 5) is 12.4. The van der Waals surface area contributed by atoms with Gasteiger partial charge in [-0.15, -0.1) is 12.4 Å². The molecule has 2 saturated carbocycles. The Morgan fingerprint density at radius 2 is 1.92 bits per heavy atom. The zero-order chi connectivity index (χ0) is 16.1. The van der Waals surface area contributed by atoms with E-state index in [-0.39, 0.29) is 23.7 Å². The molecule has 1 spiro atoms. The van der Waals surface area contributed by atoms with Gasteiger partial charge in [0.05, 0.1) is 6.10 Å². The largest absolute Gasteiger partial charge is 0.378 e. The van der Waals surface area contributed by atoms with Crippen LogP contribution in [0.2, 0.25) is 0 Å². The van der Waals surface area contributed by atoms with Gasteiger partial charge in [-0.25, -0.2) is 0 Å². The fourth-order valence-corrected chi connectivity index (χ4v) is 5.04. The minimum atomic E-state index is 0.